The Labute approximate surface area is 410 Å². The Morgan fingerprint density at radius 3 is 1.13 bits per heavy atom. The van der Waals surface area contributed by atoms with E-state index in [4.69, 9.17) is 0 Å². The first kappa shape index (κ1) is 38.2. The van der Waals surface area contributed by atoms with Gasteiger partial charge in [0.05, 0.1) is 62.3 Å². The van der Waals surface area contributed by atoms with Crippen molar-refractivity contribution >= 4 is 166 Å². The third-order valence-electron chi connectivity index (χ3n) is 14.7. The number of rotatable bonds is 3. The molecule has 6 heterocycles. The van der Waals surface area contributed by atoms with E-state index in [1.54, 1.807) is 11.3 Å². The molecule has 0 amide bonds. The van der Waals surface area contributed by atoms with E-state index in [2.05, 4.69) is 213 Å². The highest BCUT2D eigenvalue weighted by Gasteiger charge is 2.30. The highest BCUT2D eigenvalue weighted by Crippen LogP contribution is 2.51. The lowest BCUT2D eigenvalue weighted by molar-refractivity contribution is 1.09. The van der Waals surface area contributed by atoms with Gasteiger partial charge in [0.1, 0.15) is 6.07 Å². The predicted molar refractivity (Wildman–Crippen MR) is 299 cm³/mol. The molecule has 0 atom stereocenters. The van der Waals surface area contributed by atoms with Gasteiger partial charge in [-0.1, -0.05) is 109 Å². The molecule has 0 unspecified atom stereocenters. The molecular formula is C62H31N5S3. The Bertz CT molecular complexity index is 4890. The van der Waals surface area contributed by atoms with Crippen LogP contribution in [-0.4, -0.2) is 13.7 Å². The molecule has 16 rings (SSSR count). The quantitative estimate of drug-likeness (QED) is 0.163. The van der Waals surface area contributed by atoms with Crippen LogP contribution < -0.4 is 0 Å². The van der Waals surface area contributed by atoms with Crippen LogP contribution >= 0.6 is 34.0 Å². The second-order valence-electron chi connectivity index (χ2n) is 18.1. The third kappa shape index (κ3) is 4.82. The van der Waals surface area contributed by atoms with Gasteiger partial charge in [0, 0.05) is 92.8 Å². The van der Waals surface area contributed by atoms with Crippen LogP contribution in [0.1, 0.15) is 5.56 Å². The number of nitrogens with zero attached hydrogens (tertiary/aromatic N) is 5. The first-order chi connectivity index (χ1) is 34.7. The number of benzene rings is 10. The Balaban J connectivity index is 1.14. The molecular weight excluding hydrogens is 911 g/mol. The summed E-state index contributed by atoms with van der Waals surface area (Å²) in [5.41, 5.74) is 8.71. The summed E-state index contributed by atoms with van der Waals surface area (Å²) in [6, 6.07) is 70.0. The molecule has 8 heteroatoms. The second kappa shape index (κ2) is 13.9. The maximum Gasteiger partial charge on any atom is 0.235 e. The lowest BCUT2D eigenvalue weighted by Gasteiger charge is -2.21. The summed E-state index contributed by atoms with van der Waals surface area (Å²) in [4.78, 5) is 4.59. The van der Waals surface area contributed by atoms with Crippen molar-refractivity contribution in [3.05, 3.63) is 205 Å². The van der Waals surface area contributed by atoms with Crippen molar-refractivity contribution < 1.29 is 0 Å². The van der Waals surface area contributed by atoms with Crippen LogP contribution in [0, 0.1) is 17.9 Å². The Kier molecular flexibility index (Phi) is 7.60. The fourth-order valence-electron chi connectivity index (χ4n) is 12.0. The fourth-order valence-corrected chi connectivity index (χ4v) is 15.3. The SMILES string of the molecule is [C-]#[N+]c1c(-n2c3ccccc3c3c4c(ccc32)sc2ccccc24)cc(-n2c3ccccc3c3c4c(ccc32)sc2ccccc24)c(C#N)c1-n1c2ccccc2c2c3c(ccc21)sc1ccccc13. The molecule has 0 bridgehead atoms. The number of hydrogen-bond acceptors (Lipinski definition) is 4. The minimum atomic E-state index is 0.406. The largest absolute Gasteiger partial charge is 0.319 e. The topological polar surface area (TPSA) is 42.9 Å². The van der Waals surface area contributed by atoms with Crippen molar-refractivity contribution in [3.8, 4) is 23.1 Å². The first-order valence-electron chi connectivity index (χ1n) is 23.2. The van der Waals surface area contributed by atoms with Gasteiger partial charge in [-0.25, -0.2) is 4.85 Å². The van der Waals surface area contributed by atoms with Crippen molar-refractivity contribution in [2.75, 3.05) is 0 Å². The van der Waals surface area contributed by atoms with Gasteiger partial charge in [0.15, 0.2) is 0 Å². The van der Waals surface area contributed by atoms with E-state index in [9.17, 15) is 11.8 Å². The highest BCUT2D eigenvalue weighted by molar-refractivity contribution is 7.26. The van der Waals surface area contributed by atoms with E-state index >= 15 is 0 Å². The molecule has 0 radical (unpaired) electrons. The van der Waals surface area contributed by atoms with Crippen LogP contribution in [-0.2, 0) is 0 Å². The molecule has 322 valence electrons. The first-order valence-corrected chi connectivity index (χ1v) is 25.6. The summed E-state index contributed by atoms with van der Waals surface area (Å²) >= 11 is 5.43. The average molecular weight is 942 g/mol. The molecule has 6 aromatic heterocycles. The number of para-hydroxylation sites is 3. The summed E-state index contributed by atoms with van der Waals surface area (Å²) < 4.78 is 14.2. The van der Waals surface area contributed by atoms with Crippen LogP contribution in [0.5, 0.6) is 0 Å². The molecule has 0 saturated carbocycles. The summed E-state index contributed by atoms with van der Waals surface area (Å²) in [6.45, 7) is 9.41. The van der Waals surface area contributed by atoms with E-state index in [0.717, 1.165) is 65.4 Å². The average Bonchev–Trinajstić information content (AvgIpc) is 4.26. The van der Waals surface area contributed by atoms with E-state index in [0.29, 0.717) is 28.3 Å². The maximum absolute atomic E-state index is 12.0. The fraction of sp³-hybridized carbons (Fsp3) is 0. The zero-order valence-electron chi connectivity index (χ0n) is 36.9. The maximum atomic E-state index is 12.0. The zero-order valence-corrected chi connectivity index (χ0v) is 39.3. The van der Waals surface area contributed by atoms with E-state index in [1.165, 1.54) is 60.5 Å². The second-order valence-corrected chi connectivity index (χ2v) is 21.3. The minimum Gasteiger partial charge on any atom is -0.319 e. The standard InChI is InChI=1S/C62H31N5S3/c1-64-61-48(66-42-21-9-3-15-35(42)56-45(66)27-30-53-59(56)38-18-6-12-24-50(38)69-53)32-47(65-41-20-8-2-14-34(41)55-44(65)26-29-52-58(55)37-17-5-11-23-49(37)68-52)40(33-63)62(61)67-43-22-10-4-16-36(43)57-46(67)28-31-54-60(57)39-19-7-13-25-51(39)70-54/h2-32H. The van der Waals surface area contributed by atoms with Crippen molar-refractivity contribution in [3.63, 3.8) is 0 Å². The lowest BCUT2D eigenvalue weighted by Crippen LogP contribution is -2.08. The van der Waals surface area contributed by atoms with Crippen LogP contribution in [0.15, 0.2) is 188 Å². The van der Waals surface area contributed by atoms with Crippen LogP contribution in [0.3, 0.4) is 0 Å². The molecule has 70 heavy (non-hydrogen) atoms. The van der Waals surface area contributed by atoms with Crippen molar-refractivity contribution in [2.45, 2.75) is 0 Å². The monoisotopic (exact) mass is 941 g/mol. The number of thiophene rings is 3. The smallest absolute Gasteiger partial charge is 0.235 e. The summed E-state index contributed by atoms with van der Waals surface area (Å²) in [5, 5.41) is 26.0. The highest BCUT2D eigenvalue weighted by atomic mass is 32.1. The van der Waals surface area contributed by atoms with Crippen LogP contribution in [0.25, 0.3) is 148 Å². The molecule has 0 aliphatic carbocycles. The number of hydrogen-bond donors (Lipinski definition) is 0. The van der Waals surface area contributed by atoms with E-state index < -0.39 is 0 Å². The van der Waals surface area contributed by atoms with Crippen molar-refractivity contribution in [1.29, 1.82) is 5.26 Å². The lowest BCUT2D eigenvalue weighted by atomic mass is 10.0. The van der Waals surface area contributed by atoms with Gasteiger partial charge in [0.2, 0.25) is 5.69 Å². The van der Waals surface area contributed by atoms with Crippen molar-refractivity contribution in [1.82, 2.24) is 13.7 Å². The van der Waals surface area contributed by atoms with E-state index in [1.807, 2.05) is 22.7 Å². The number of fused-ring (bicyclic) bond motifs is 21. The van der Waals surface area contributed by atoms with Gasteiger partial charge in [-0.3, -0.25) is 0 Å². The number of aromatic nitrogens is 3. The van der Waals surface area contributed by atoms with Crippen molar-refractivity contribution in [2.24, 2.45) is 0 Å². The molecule has 0 aliphatic heterocycles. The summed E-state index contributed by atoms with van der Waals surface area (Å²) in [7, 11) is 0. The minimum absolute atomic E-state index is 0.406. The third-order valence-corrected chi connectivity index (χ3v) is 18.1. The molecule has 10 aromatic carbocycles. The van der Waals surface area contributed by atoms with Crippen LogP contribution in [0.4, 0.5) is 5.69 Å². The number of nitriles is 1. The Morgan fingerprint density at radius 2 is 0.714 bits per heavy atom. The molecule has 0 spiro atoms. The van der Waals surface area contributed by atoms with Gasteiger partial charge in [-0.2, -0.15) is 5.26 Å². The summed E-state index contributed by atoms with van der Waals surface area (Å²) in [6.07, 6.45) is 0. The van der Waals surface area contributed by atoms with Gasteiger partial charge in [-0.15, -0.1) is 34.0 Å². The molecule has 0 fully saturated rings. The van der Waals surface area contributed by atoms with Crippen LogP contribution in [0.2, 0.25) is 0 Å². The molecule has 0 N–H and O–H groups in total. The molecule has 0 aliphatic rings. The van der Waals surface area contributed by atoms with Gasteiger partial charge in [-0.05, 0) is 78.9 Å². The summed E-state index contributed by atoms with van der Waals surface area (Å²) in [5.74, 6) is 0. The molecule has 5 nitrogen and oxygen atoms in total. The van der Waals surface area contributed by atoms with Gasteiger partial charge < -0.3 is 13.7 Å². The Hall–Kier alpha value is -8.76. The van der Waals surface area contributed by atoms with E-state index in [-0.39, 0.29) is 0 Å². The molecule has 0 saturated heterocycles. The predicted octanol–water partition coefficient (Wildman–Crippen LogP) is 18.5. The zero-order chi connectivity index (χ0) is 45.9. The normalized spacial score (nSPS) is 12.3. The Morgan fingerprint density at radius 1 is 0.357 bits per heavy atom. The van der Waals surface area contributed by atoms with Gasteiger partial charge in [0.25, 0.3) is 0 Å². The van der Waals surface area contributed by atoms with Gasteiger partial charge >= 0.3 is 0 Å². The molecule has 16 aromatic rings.